The summed E-state index contributed by atoms with van der Waals surface area (Å²) in [4.78, 5) is 15.9. The van der Waals surface area contributed by atoms with E-state index in [-0.39, 0.29) is 6.10 Å². The zero-order valence-electron chi connectivity index (χ0n) is 15.8. The molecule has 2 aromatic rings. The van der Waals surface area contributed by atoms with Crippen LogP contribution in [0.15, 0.2) is 29.6 Å². The summed E-state index contributed by atoms with van der Waals surface area (Å²) in [5.41, 5.74) is 1.22. The van der Waals surface area contributed by atoms with Gasteiger partial charge in [-0.2, -0.15) is 13.2 Å². The van der Waals surface area contributed by atoms with E-state index in [4.69, 9.17) is 26.2 Å². The minimum Gasteiger partial charge on any atom is -0.489 e. The topological polar surface area (TPSA) is 62.7 Å². The van der Waals surface area contributed by atoms with Crippen LogP contribution in [0, 0.1) is 6.92 Å². The van der Waals surface area contributed by atoms with E-state index in [9.17, 15) is 13.2 Å². The van der Waals surface area contributed by atoms with Crippen LogP contribution in [0.3, 0.4) is 0 Å². The lowest BCUT2D eigenvalue weighted by Crippen LogP contribution is -2.39. The Hall–Kier alpha value is -1.84. The fourth-order valence-electron chi connectivity index (χ4n) is 2.77. The number of carboxylic acids is 1. The summed E-state index contributed by atoms with van der Waals surface area (Å²) in [7, 11) is 0. The molecule has 1 saturated heterocycles. The molecule has 1 aliphatic heterocycles. The van der Waals surface area contributed by atoms with E-state index in [0.29, 0.717) is 5.02 Å². The third-order valence-corrected chi connectivity index (χ3v) is 5.39. The Morgan fingerprint density at radius 1 is 1.34 bits per heavy atom. The molecule has 0 unspecified atom stereocenters. The van der Waals surface area contributed by atoms with Crippen molar-refractivity contribution in [1.29, 1.82) is 0 Å². The average Bonchev–Trinajstić information content (AvgIpc) is 3.08. The molecular weight excluding hydrogens is 429 g/mol. The maximum Gasteiger partial charge on any atom is 0.490 e. The van der Waals surface area contributed by atoms with Crippen LogP contribution in [0.1, 0.15) is 23.5 Å². The van der Waals surface area contributed by atoms with E-state index >= 15 is 0 Å². The molecule has 160 valence electrons. The summed E-state index contributed by atoms with van der Waals surface area (Å²) in [6, 6.07) is 7.71. The first kappa shape index (κ1) is 23.4. The predicted molar refractivity (Wildman–Crippen MR) is 106 cm³/mol. The fourth-order valence-corrected chi connectivity index (χ4v) is 3.59. The van der Waals surface area contributed by atoms with Crippen LogP contribution in [-0.2, 0) is 11.2 Å². The number of rotatable bonds is 5. The van der Waals surface area contributed by atoms with Gasteiger partial charge in [-0.3, -0.25) is 0 Å². The maximum absolute atomic E-state index is 10.6. The number of aryl methyl sites for hydroxylation is 1. The van der Waals surface area contributed by atoms with Crippen LogP contribution < -0.4 is 4.74 Å². The van der Waals surface area contributed by atoms with Crippen LogP contribution in [0.5, 0.6) is 5.75 Å². The summed E-state index contributed by atoms with van der Waals surface area (Å²) in [6.07, 6.45) is -1.65. The third-order valence-electron chi connectivity index (χ3n) is 4.26. The molecule has 10 heteroatoms. The van der Waals surface area contributed by atoms with Crippen molar-refractivity contribution < 1.29 is 27.8 Å². The van der Waals surface area contributed by atoms with Gasteiger partial charge in [0.25, 0.3) is 0 Å². The second-order valence-electron chi connectivity index (χ2n) is 6.50. The number of hydrogen-bond donors (Lipinski definition) is 1. The van der Waals surface area contributed by atoms with Gasteiger partial charge in [0.15, 0.2) is 0 Å². The summed E-state index contributed by atoms with van der Waals surface area (Å²) >= 11 is 7.88. The van der Waals surface area contributed by atoms with Gasteiger partial charge in [0.05, 0.1) is 15.7 Å². The Morgan fingerprint density at radius 3 is 2.48 bits per heavy atom. The molecule has 0 bridgehead atoms. The number of aromatic nitrogens is 1. The van der Waals surface area contributed by atoms with E-state index in [0.717, 1.165) is 49.7 Å². The Labute approximate surface area is 176 Å². The molecule has 0 atom stereocenters. The highest BCUT2D eigenvalue weighted by Crippen LogP contribution is 2.26. The lowest BCUT2D eigenvalue weighted by molar-refractivity contribution is -0.192. The molecule has 29 heavy (non-hydrogen) atoms. The summed E-state index contributed by atoms with van der Waals surface area (Å²) in [6.45, 7) is 5.31. The zero-order valence-corrected chi connectivity index (χ0v) is 17.4. The Bertz CT molecular complexity index is 793. The van der Waals surface area contributed by atoms with E-state index in [1.54, 1.807) is 11.3 Å². The quantitative estimate of drug-likeness (QED) is 0.707. The van der Waals surface area contributed by atoms with Crippen molar-refractivity contribution in [3.63, 3.8) is 0 Å². The highest BCUT2D eigenvalue weighted by molar-refractivity contribution is 7.09. The minimum absolute atomic E-state index is 0.276. The number of carbonyl (C=O) groups is 1. The molecular formula is C19H22ClF3N2O3S. The van der Waals surface area contributed by atoms with Crippen LogP contribution in [0.25, 0.3) is 0 Å². The smallest absolute Gasteiger partial charge is 0.489 e. The number of piperidine rings is 1. The molecule has 1 aliphatic rings. The average molecular weight is 451 g/mol. The van der Waals surface area contributed by atoms with Crippen molar-refractivity contribution in [2.75, 3.05) is 19.6 Å². The summed E-state index contributed by atoms with van der Waals surface area (Å²) in [5, 5.41) is 11.1. The predicted octanol–water partition coefficient (Wildman–Crippen LogP) is 4.82. The first-order valence-corrected chi connectivity index (χ1v) is 10.3. The van der Waals surface area contributed by atoms with Gasteiger partial charge in [-0.1, -0.05) is 23.7 Å². The second kappa shape index (κ2) is 10.8. The molecule has 5 nitrogen and oxygen atoms in total. The lowest BCUT2D eigenvalue weighted by Gasteiger charge is -2.32. The largest absolute Gasteiger partial charge is 0.490 e. The number of carboxylic acid groups (broad SMARTS) is 1. The maximum atomic E-state index is 10.6. The van der Waals surface area contributed by atoms with E-state index in [1.165, 1.54) is 5.69 Å². The number of likely N-dealkylation sites (tertiary alicyclic amines) is 1. The van der Waals surface area contributed by atoms with Crippen molar-refractivity contribution in [1.82, 2.24) is 9.88 Å². The second-order valence-corrected chi connectivity index (χ2v) is 7.97. The van der Waals surface area contributed by atoms with Gasteiger partial charge in [-0.05, 0) is 31.9 Å². The number of para-hydroxylation sites is 1. The van der Waals surface area contributed by atoms with Crippen molar-refractivity contribution >= 4 is 28.9 Å². The Morgan fingerprint density at radius 2 is 1.97 bits per heavy atom. The van der Waals surface area contributed by atoms with Crippen molar-refractivity contribution in [2.45, 2.75) is 38.5 Å². The van der Waals surface area contributed by atoms with Gasteiger partial charge in [0.2, 0.25) is 0 Å². The molecule has 1 aromatic carbocycles. The molecule has 0 aliphatic carbocycles. The number of aliphatic carboxylic acids is 1. The Kier molecular flexibility index (Phi) is 8.73. The van der Waals surface area contributed by atoms with Gasteiger partial charge in [-0.25, -0.2) is 9.78 Å². The Balaban J connectivity index is 0.000000370. The van der Waals surface area contributed by atoms with Crippen molar-refractivity contribution in [2.24, 2.45) is 0 Å². The number of benzene rings is 1. The highest BCUT2D eigenvalue weighted by atomic mass is 35.5. The molecule has 0 amide bonds. The number of nitrogens with zero attached hydrogens (tertiary/aromatic N) is 2. The van der Waals surface area contributed by atoms with Crippen molar-refractivity contribution in [3.8, 4) is 5.75 Å². The number of halogens is 4. The molecule has 2 heterocycles. The minimum atomic E-state index is -5.08. The standard InChI is InChI=1S/C17H21ClN2OS.C2HF3O2/c1-13-19-14(12-22-13)6-9-20-10-7-15(8-11-20)21-17-5-3-2-4-16(17)18;3-2(4,5)1(6)7/h2-5,12,15H,6-11H2,1H3;(H,6,7). The van der Waals surface area contributed by atoms with Crippen LogP contribution in [0.4, 0.5) is 13.2 Å². The van der Waals surface area contributed by atoms with E-state index in [2.05, 4.69) is 22.2 Å². The van der Waals surface area contributed by atoms with E-state index in [1.807, 2.05) is 24.3 Å². The van der Waals surface area contributed by atoms with Crippen molar-refractivity contribution in [3.05, 3.63) is 45.4 Å². The van der Waals surface area contributed by atoms with Crippen LogP contribution in [0.2, 0.25) is 5.02 Å². The molecule has 0 radical (unpaired) electrons. The first-order valence-electron chi connectivity index (χ1n) is 9.00. The normalized spacial score (nSPS) is 15.5. The monoisotopic (exact) mass is 450 g/mol. The number of alkyl halides is 3. The number of hydrogen-bond acceptors (Lipinski definition) is 5. The zero-order chi connectivity index (χ0) is 21.4. The molecule has 0 spiro atoms. The van der Waals surface area contributed by atoms with Gasteiger partial charge in [-0.15, -0.1) is 11.3 Å². The molecule has 1 N–H and O–H groups in total. The first-order chi connectivity index (χ1) is 13.6. The number of thiazole rings is 1. The van der Waals surface area contributed by atoms with Crippen LogP contribution >= 0.6 is 22.9 Å². The number of ether oxygens (including phenoxy) is 1. The summed E-state index contributed by atoms with van der Waals surface area (Å²) in [5.74, 6) is -1.95. The SMILES string of the molecule is Cc1nc(CCN2CCC(Oc3ccccc3Cl)CC2)cs1.O=C(O)C(F)(F)F. The van der Waals surface area contributed by atoms with Gasteiger partial charge >= 0.3 is 12.1 Å². The molecule has 1 fully saturated rings. The van der Waals surface area contributed by atoms with Gasteiger partial charge in [0, 0.05) is 31.4 Å². The van der Waals surface area contributed by atoms with Crippen LogP contribution in [-0.4, -0.2) is 52.9 Å². The lowest BCUT2D eigenvalue weighted by atomic mass is 10.1. The molecule has 0 saturated carbocycles. The molecule has 1 aromatic heterocycles. The fraction of sp³-hybridized carbons (Fsp3) is 0.474. The van der Waals surface area contributed by atoms with Gasteiger partial charge in [0.1, 0.15) is 11.9 Å². The van der Waals surface area contributed by atoms with E-state index < -0.39 is 12.1 Å². The summed E-state index contributed by atoms with van der Waals surface area (Å²) < 4.78 is 37.8. The third kappa shape index (κ3) is 8.20. The highest BCUT2D eigenvalue weighted by Gasteiger charge is 2.38. The molecule has 3 rings (SSSR count). The van der Waals surface area contributed by atoms with Gasteiger partial charge < -0.3 is 14.7 Å².